The van der Waals surface area contributed by atoms with Crippen LogP contribution in [0.5, 0.6) is 11.5 Å². The minimum atomic E-state index is -0.305. The van der Waals surface area contributed by atoms with Crippen LogP contribution in [0.2, 0.25) is 0 Å². The van der Waals surface area contributed by atoms with Gasteiger partial charge in [0.2, 0.25) is 0 Å². The van der Waals surface area contributed by atoms with Crippen LogP contribution in [0.25, 0.3) is 0 Å². The number of hydrogen-bond acceptors (Lipinski definition) is 4. The van der Waals surface area contributed by atoms with Crippen LogP contribution in [0, 0.1) is 0 Å². The molecule has 26 heavy (non-hydrogen) atoms. The fourth-order valence-electron chi connectivity index (χ4n) is 2.24. The molecule has 0 bridgehead atoms. The first kappa shape index (κ1) is 19.7. The van der Waals surface area contributed by atoms with Crippen molar-refractivity contribution >= 4 is 28.9 Å². The summed E-state index contributed by atoms with van der Waals surface area (Å²) in [6.45, 7) is 5.21. The van der Waals surface area contributed by atoms with E-state index in [1.807, 2.05) is 37.3 Å². The number of hydrogen-bond donors (Lipinski definition) is 2. The maximum absolute atomic E-state index is 12.5. The van der Waals surface area contributed by atoms with Crippen molar-refractivity contribution in [3.8, 4) is 11.5 Å². The second kappa shape index (κ2) is 10.4. The quantitative estimate of drug-likeness (QED) is 0.532. The molecule has 138 valence electrons. The standard InChI is InChI=1S/C20H24N2O3S/c1-3-5-14-25-18-9-7-6-8-17(18)19(23)22-20(26)21-15-10-12-16(13-11-15)24-4-2/h6-13H,3-5,14H2,1-2H3,(H2,21,22,23,26). The van der Waals surface area contributed by atoms with Crippen molar-refractivity contribution in [2.24, 2.45) is 0 Å². The molecule has 5 nitrogen and oxygen atoms in total. The molecule has 0 atom stereocenters. The highest BCUT2D eigenvalue weighted by Crippen LogP contribution is 2.19. The topological polar surface area (TPSA) is 59.6 Å². The van der Waals surface area contributed by atoms with Crippen LogP contribution >= 0.6 is 12.2 Å². The van der Waals surface area contributed by atoms with Crippen molar-refractivity contribution in [1.29, 1.82) is 0 Å². The third kappa shape index (κ3) is 6.04. The van der Waals surface area contributed by atoms with Gasteiger partial charge in [0.1, 0.15) is 11.5 Å². The Morgan fingerprint density at radius 3 is 2.46 bits per heavy atom. The Labute approximate surface area is 159 Å². The van der Waals surface area contributed by atoms with Crippen LogP contribution in [-0.4, -0.2) is 24.2 Å². The lowest BCUT2D eigenvalue weighted by Crippen LogP contribution is -2.34. The summed E-state index contributed by atoms with van der Waals surface area (Å²) in [7, 11) is 0. The molecule has 0 radical (unpaired) electrons. The van der Waals surface area contributed by atoms with E-state index in [2.05, 4.69) is 17.6 Å². The van der Waals surface area contributed by atoms with Crippen LogP contribution < -0.4 is 20.1 Å². The summed E-state index contributed by atoms with van der Waals surface area (Å²) in [5.41, 5.74) is 1.23. The third-order valence-electron chi connectivity index (χ3n) is 3.54. The summed E-state index contributed by atoms with van der Waals surface area (Å²) >= 11 is 5.23. The van der Waals surface area contributed by atoms with Crippen molar-refractivity contribution in [3.05, 3.63) is 54.1 Å². The summed E-state index contributed by atoms with van der Waals surface area (Å²) < 4.78 is 11.1. The molecule has 1 amide bonds. The fraction of sp³-hybridized carbons (Fsp3) is 0.300. The van der Waals surface area contributed by atoms with Gasteiger partial charge in [0.05, 0.1) is 18.8 Å². The number of ether oxygens (including phenoxy) is 2. The van der Waals surface area contributed by atoms with Gasteiger partial charge >= 0.3 is 0 Å². The van der Waals surface area contributed by atoms with Gasteiger partial charge in [-0.25, -0.2) is 0 Å². The van der Waals surface area contributed by atoms with Gasteiger partial charge in [-0.2, -0.15) is 0 Å². The lowest BCUT2D eigenvalue weighted by molar-refractivity contribution is 0.0973. The molecular weight excluding hydrogens is 348 g/mol. The maximum Gasteiger partial charge on any atom is 0.261 e. The van der Waals surface area contributed by atoms with Gasteiger partial charge in [-0.3, -0.25) is 10.1 Å². The van der Waals surface area contributed by atoms with Crippen LogP contribution in [0.4, 0.5) is 5.69 Å². The summed E-state index contributed by atoms with van der Waals surface area (Å²) in [4.78, 5) is 12.5. The number of unbranched alkanes of at least 4 members (excludes halogenated alkanes) is 1. The van der Waals surface area contributed by atoms with E-state index >= 15 is 0 Å². The molecule has 0 unspecified atom stereocenters. The van der Waals surface area contributed by atoms with Crippen LogP contribution in [0.15, 0.2) is 48.5 Å². The Morgan fingerprint density at radius 2 is 1.77 bits per heavy atom. The molecular formula is C20H24N2O3S. The lowest BCUT2D eigenvalue weighted by atomic mass is 10.2. The smallest absolute Gasteiger partial charge is 0.261 e. The number of thiocarbonyl (C=S) groups is 1. The van der Waals surface area contributed by atoms with Gasteiger partial charge in [0, 0.05) is 5.69 Å². The van der Waals surface area contributed by atoms with Gasteiger partial charge in [0.15, 0.2) is 5.11 Å². The molecule has 0 aliphatic carbocycles. The van der Waals surface area contributed by atoms with Crippen molar-refractivity contribution in [2.75, 3.05) is 18.5 Å². The SMILES string of the molecule is CCCCOc1ccccc1C(=O)NC(=S)Nc1ccc(OCC)cc1. The highest BCUT2D eigenvalue weighted by molar-refractivity contribution is 7.80. The van der Waals surface area contributed by atoms with Crippen molar-refractivity contribution in [3.63, 3.8) is 0 Å². The molecule has 0 aromatic heterocycles. The number of benzene rings is 2. The first-order valence-corrected chi connectivity index (χ1v) is 9.12. The van der Waals surface area contributed by atoms with E-state index in [1.165, 1.54) is 0 Å². The number of rotatable bonds is 8. The summed E-state index contributed by atoms with van der Waals surface area (Å²) in [5.74, 6) is 1.04. The van der Waals surface area contributed by atoms with Crippen molar-refractivity contribution in [1.82, 2.24) is 5.32 Å². The Bertz CT molecular complexity index is 732. The second-order valence-electron chi connectivity index (χ2n) is 5.56. The lowest BCUT2D eigenvalue weighted by Gasteiger charge is -2.13. The zero-order chi connectivity index (χ0) is 18.8. The van der Waals surface area contributed by atoms with Gasteiger partial charge < -0.3 is 14.8 Å². The molecule has 2 aromatic carbocycles. The minimum Gasteiger partial charge on any atom is -0.494 e. The number of para-hydroxylation sites is 1. The average molecular weight is 372 g/mol. The number of carbonyl (C=O) groups excluding carboxylic acids is 1. The Morgan fingerprint density at radius 1 is 1.04 bits per heavy atom. The van der Waals surface area contributed by atoms with Gasteiger partial charge in [-0.05, 0) is 62.0 Å². The molecule has 0 fully saturated rings. The number of anilines is 1. The largest absolute Gasteiger partial charge is 0.494 e. The van der Waals surface area contributed by atoms with E-state index in [9.17, 15) is 4.79 Å². The molecule has 0 saturated heterocycles. The third-order valence-corrected chi connectivity index (χ3v) is 3.74. The molecule has 0 aliphatic rings. The van der Waals surface area contributed by atoms with Crippen LogP contribution in [0.3, 0.4) is 0 Å². The first-order chi connectivity index (χ1) is 12.6. The molecule has 0 heterocycles. The molecule has 2 N–H and O–H groups in total. The van der Waals surface area contributed by atoms with Crippen LogP contribution in [0.1, 0.15) is 37.0 Å². The van der Waals surface area contributed by atoms with Crippen LogP contribution in [-0.2, 0) is 0 Å². The van der Waals surface area contributed by atoms with E-state index < -0.39 is 0 Å². The molecule has 0 spiro atoms. The molecule has 2 aromatic rings. The fourth-order valence-corrected chi connectivity index (χ4v) is 2.45. The van der Waals surface area contributed by atoms with E-state index in [1.54, 1.807) is 18.2 Å². The number of amides is 1. The van der Waals surface area contributed by atoms with E-state index in [4.69, 9.17) is 21.7 Å². The zero-order valence-corrected chi connectivity index (χ0v) is 15.9. The Hall–Kier alpha value is -2.60. The van der Waals surface area contributed by atoms with E-state index in [0.717, 1.165) is 24.3 Å². The predicted octanol–water partition coefficient (Wildman–Crippen LogP) is 4.39. The molecule has 0 aliphatic heterocycles. The summed E-state index contributed by atoms with van der Waals surface area (Å²) in [6.07, 6.45) is 1.97. The predicted molar refractivity (Wildman–Crippen MR) is 108 cm³/mol. The van der Waals surface area contributed by atoms with Gasteiger partial charge in [0.25, 0.3) is 5.91 Å². The minimum absolute atomic E-state index is 0.225. The molecule has 0 saturated carbocycles. The second-order valence-corrected chi connectivity index (χ2v) is 5.97. The molecule has 2 rings (SSSR count). The number of carbonyl (C=O) groups is 1. The summed E-state index contributed by atoms with van der Waals surface area (Å²) in [5, 5.41) is 5.90. The van der Waals surface area contributed by atoms with E-state index in [-0.39, 0.29) is 11.0 Å². The van der Waals surface area contributed by atoms with E-state index in [0.29, 0.717) is 24.5 Å². The highest BCUT2D eigenvalue weighted by Gasteiger charge is 2.13. The average Bonchev–Trinajstić information content (AvgIpc) is 2.64. The Balaban J connectivity index is 1.95. The monoisotopic (exact) mass is 372 g/mol. The maximum atomic E-state index is 12.5. The normalized spacial score (nSPS) is 10.1. The first-order valence-electron chi connectivity index (χ1n) is 8.71. The highest BCUT2D eigenvalue weighted by atomic mass is 32.1. The number of nitrogens with one attached hydrogen (secondary N) is 2. The molecule has 6 heteroatoms. The Kier molecular flexibility index (Phi) is 7.89. The van der Waals surface area contributed by atoms with Crippen molar-refractivity contribution in [2.45, 2.75) is 26.7 Å². The van der Waals surface area contributed by atoms with Gasteiger partial charge in [-0.15, -0.1) is 0 Å². The zero-order valence-electron chi connectivity index (χ0n) is 15.1. The van der Waals surface area contributed by atoms with Crippen molar-refractivity contribution < 1.29 is 14.3 Å². The van der Waals surface area contributed by atoms with Gasteiger partial charge in [-0.1, -0.05) is 25.5 Å². The summed E-state index contributed by atoms with van der Waals surface area (Å²) in [6, 6.07) is 14.5.